The number of hydrogen-bond acceptors (Lipinski definition) is 3. The summed E-state index contributed by atoms with van der Waals surface area (Å²) >= 11 is 5.88. The van der Waals surface area contributed by atoms with Gasteiger partial charge in [0.05, 0.1) is 4.92 Å². The Balaban J connectivity index is 2.32. The molecule has 0 aromatic heterocycles. The van der Waals surface area contributed by atoms with Crippen LogP contribution in [0.1, 0.15) is 27.0 Å². The van der Waals surface area contributed by atoms with Gasteiger partial charge in [-0.15, -0.1) is 0 Å². The first-order valence-corrected chi connectivity index (χ1v) is 7.00. The molecule has 1 amide bonds. The van der Waals surface area contributed by atoms with Crippen LogP contribution >= 0.6 is 11.6 Å². The number of carbonyl (C=O) groups is 1. The molecule has 0 atom stereocenters. The standard InChI is InChI=1S/C16H15ClN2O3/c1-9-4-10(2)6-12(5-9)16(20)18-14-8-13(17)15(19(21)22)7-11(14)3/h4-8H,1-3H3,(H,18,20). The molecule has 22 heavy (non-hydrogen) atoms. The van der Waals surface area contributed by atoms with Gasteiger partial charge in [-0.05, 0) is 44.5 Å². The molecule has 0 bridgehead atoms. The fourth-order valence-electron chi connectivity index (χ4n) is 2.24. The van der Waals surface area contributed by atoms with E-state index in [0.717, 1.165) is 11.1 Å². The number of nitrogens with one attached hydrogen (secondary N) is 1. The molecule has 0 saturated carbocycles. The van der Waals surface area contributed by atoms with E-state index in [-0.39, 0.29) is 16.6 Å². The minimum Gasteiger partial charge on any atom is -0.322 e. The number of nitrogens with zero attached hydrogens (tertiary/aromatic N) is 1. The first-order chi connectivity index (χ1) is 10.3. The van der Waals surface area contributed by atoms with E-state index in [1.54, 1.807) is 19.1 Å². The zero-order chi connectivity index (χ0) is 16.4. The smallest absolute Gasteiger partial charge is 0.288 e. The highest BCUT2D eigenvalue weighted by molar-refractivity contribution is 6.33. The Hall–Kier alpha value is -2.40. The van der Waals surface area contributed by atoms with Gasteiger partial charge in [0.25, 0.3) is 11.6 Å². The second kappa shape index (κ2) is 6.15. The van der Waals surface area contributed by atoms with Gasteiger partial charge in [0.2, 0.25) is 0 Å². The van der Waals surface area contributed by atoms with Gasteiger partial charge >= 0.3 is 0 Å². The summed E-state index contributed by atoms with van der Waals surface area (Å²) in [6.45, 7) is 5.51. The maximum absolute atomic E-state index is 12.3. The number of halogens is 1. The lowest BCUT2D eigenvalue weighted by atomic mass is 10.1. The Morgan fingerprint density at radius 2 is 1.68 bits per heavy atom. The Bertz CT molecular complexity index is 752. The van der Waals surface area contributed by atoms with Crippen molar-refractivity contribution < 1.29 is 9.72 Å². The van der Waals surface area contributed by atoms with Crippen molar-refractivity contribution in [2.75, 3.05) is 5.32 Å². The monoisotopic (exact) mass is 318 g/mol. The average Bonchev–Trinajstić information content (AvgIpc) is 2.41. The Kier molecular flexibility index (Phi) is 4.47. The fourth-order valence-corrected chi connectivity index (χ4v) is 2.47. The van der Waals surface area contributed by atoms with Crippen molar-refractivity contribution in [1.82, 2.24) is 0 Å². The van der Waals surface area contributed by atoms with E-state index in [1.807, 2.05) is 19.9 Å². The minimum atomic E-state index is -0.551. The molecule has 0 spiro atoms. The quantitative estimate of drug-likeness (QED) is 0.672. The summed E-state index contributed by atoms with van der Waals surface area (Å²) < 4.78 is 0. The SMILES string of the molecule is Cc1cc(C)cc(C(=O)Nc2cc(Cl)c([N+](=O)[O-])cc2C)c1. The van der Waals surface area contributed by atoms with E-state index >= 15 is 0 Å². The summed E-state index contributed by atoms with van der Waals surface area (Å²) in [4.78, 5) is 22.6. The van der Waals surface area contributed by atoms with Crippen LogP contribution in [0.3, 0.4) is 0 Å². The van der Waals surface area contributed by atoms with Crippen molar-refractivity contribution in [2.45, 2.75) is 20.8 Å². The number of benzene rings is 2. The zero-order valence-electron chi connectivity index (χ0n) is 12.4. The number of nitro benzene ring substituents is 1. The zero-order valence-corrected chi connectivity index (χ0v) is 13.2. The summed E-state index contributed by atoms with van der Waals surface area (Å²) in [5.41, 5.74) is 3.37. The van der Waals surface area contributed by atoms with Crippen LogP contribution in [-0.4, -0.2) is 10.8 Å². The molecule has 0 aliphatic rings. The molecular weight excluding hydrogens is 304 g/mol. The van der Waals surface area contributed by atoms with Crippen molar-refractivity contribution in [3.63, 3.8) is 0 Å². The third-order valence-electron chi connectivity index (χ3n) is 3.22. The molecule has 1 N–H and O–H groups in total. The van der Waals surface area contributed by atoms with Crippen LogP contribution in [0.2, 0.25) is 5.02 Å². The summed E-state index contributed by atoms with van der Waals surface area (Å²) in [5.74, 6) is -0.278. The lowest BCUT2D eigenvalue weighted by molar-refractivity contribution is -0.384. The molecule has 2 aromatic rings. The maximum atomic E-state index is 12.3. The number of amides is 1. The average molecular weight is 319 g/mol. The Morgan fingerprint density at radius 1 is 1.09 bits per heavy atom. The predicted octanol–water partition coefficient (Wildman–Crippen LogP) is 4.43. The minimum absolute atomic E-state index is 0.00803. The topological polar surface area (TPSA) is 72.2 Å². The Labute approximate surface area is 133 Å². The molecule has 2 aromatic carbocycles. The molecule has 0 radical (unpaired) electrons. The second-order valence-electron chi connectivity index (χ2n) is 5.21. The van der Waals surface area contributed by atoms with Gasteiger partial charge in [-0.2, -0.15) is 0 Å². The molecular formula is C16H15ClN2O3. The summed E-state index contributed by atoms with van der Waals surface area (Å²) in [5, 5.41) is 13.6. The number of nitro groups is 1. The highest BCUT2D eigenvalue weighted by atomic mass is 35.5. The van der Waals surface area contributed by atoms with Crippen LogP contribution < -0.4 is 5.32 Å². The van der Waals surface area contributed by atoms with Crippen molar-refractivity contribution in [3.8, 4) is 0 Å². The van der Waals surface area contributed by atoms with Gasteiger partial charge in [0, 0.05) is 17.3 Å². The predicted molar refractivity (Wildman–Crippen MR) is 86.7 cm³/mol. The van der Waals surface area contributed by atoms with E-state index in [1.165, 1.54) is 12.1 Å². The van der Waals surface area contributed by atoms with Crippen molar-refractivity contribution >= 4 is 28.9 Å². The highest BCUT2D eigenvalue weighted by Gasteiger charge is 2.16. The molecule has 0 fully saturated rings. The molecule has 5 nitrogen and oxygen atoms in total. The third-order valence-corrected chi connectivity index (χ3v) is 3.53. The maximum Gasteiger partial charge on any atom is 0.288 e. The molecule has 0 unspecified atom stereocenters. The third kappa shape index (κ3) is 3.43. The molecule has 0 aliphatic carbocycles. The lowest BCUT2D eigenvalue weighted by Crippen LogP contribution is -2.13. The van der Waals surface area contributed by atoms with E-state index in [9.17, 15) is 14.9 Å². The van der Waals surface area contributed by atoms with E-state index < -0.39 is 4.92 Å². The number of aryl methyl sites for hydroxylation is 3. The van der Waals surface area contributed by atoms with E-state index in [2.05, 4.69) is 5.32 Å². The highest BCUT2D eigenvalue weighted by Crippen LogP contribution is 2.30. The largest absolute Gasteiger partial charge is 0.322 e. The van der Waals surface area contributed by atoms with Gasteiger partial charge in [-0.25, -0.2) is 0 Å². The number of hydrogen-bond donors (Lipinski definition) is 1. The molecule has 0 heterocycles. The van der Waals surface area contributed by atoms with Crippen LogP contribution in [0.15, 0.2) is 30.3 Å². The number of carbonyl (C=O) groups excluding carboxylic acids is 1. The number of rotatable bonds is 3. The summed E-state index contributed by atoms with van der Waals surface area (Å²) in [7, 11) is 0. The molecule has 6 heteroatoms. The van der Waals surface area contributed by atoms with Gasteiger partial charge < -0.3 is 5.32 Å². The van der Waals surface area contributed by atoms with Crippen LogP contribution in [0.4, 0.5) is 11.4 Å². The van der Waals surface area contributed by atoms with Gasteiger partial charge in [-0.1, -0.05) is 28.8 Å². The normalized spacial score (nSPS) is 10.4. The van der Waals surface area contributed by atoms with Crippen molar-refractivity contribution in [3.05, 3.63) is 67.7 Å². The van der Waals surface area contributed by atoms with Crippen LogP contribution in [0, 0.1) is 30.9 Å². The van der Waals surface area contributed by atoms with Gasteiger partial charge in [0.1, 0.15) is 5.02 Å². The summed E-state index contributed by atoms with van der Waals surface area (Å²) in [6.07, 6.45) is 0. The molecule has 0 saturated heterocycles. The lowest BCUT2D eigenvalue weighted by Gasteiger charge is -2.10. The van der Waals surface area contributed by atoms with Crippen LogP contribution in [-0.2, 0) is 0 Å². The van der Waals surface area contributed by atoms with Gasteiger partial charge in [-0.3, -0.25) is 14.9 Å². The van der Waals surface area contributed by atoms with E-state index in [4.69, 9.17) is 11.6 Å². The molecule has 2 rings (SSSR count). The molecule has 0 aliphatic heterocycles. The first kappa shape index (κ1) is 16.0. The second-order valence-corrected chi connectivity index (χ2v) is 5.61. The first-order valence-electron chi connectivity index (χ1n) is 6.62. The number of anilines is 1. The Morgan fingerprint density at radius 3 is 2.23 bits per heavy atom. The van der Waals surface area contributed by atoms with Crippen LogP contribution in [0.5, 0.6) is 0 Å². The summed E-state index contributed by atoms with van der Waals surface area (Å²) in [6, 6.07) is 8.29. The molecule has 114 valence electrons. The van der Waals surface area contributed by atoms with Crippen LogP contribution in [0.25, 0.3) is 0 Å². The van der Waals surface area contributed by atoms with Gasteiger partial charge in [0.15, 0.2) is 0 Å². The van der Waals surface area contributed by atoms with Crippen molar-refractivity contribution in [2.24, 2.45) is 0 Å². The fraction of sp³-hybridized carbons (Fsp3) is 0.188. The van der Waals surface area contributed by atoms with E-state index in [0.29, 0.717) is 16.8 Å². The van der Waals surface area contributed by atoms with Crippen molar-refractivity contribution in [1.29, 1.82) is 0 Å².